The molecule has 0 spiro atoms. The molecule has 1 unspecified atom stereocenters. The van der Waals surface area contributed by atoms with Crippen LogP contribution >= 0.6 is 0 Å². The smallest absolute Gasteiger partial charge is 0.159 e. The molecule has 2 aromatic rings. The summed E-state index contributed by atoms with van der Waals surface area (Å²) in [5.41, 5.74) is 1.19. The highest BCUT2D eigenvalue weighted by Gasteiger charge is 2.12. The summed E-state index contributed by atoms with van der Waals surface area (Å²) in [6, 6.07) is 3.60. The summed E-state index contributed by atoms with van der Waals surface area (Å²) in [4.78, 5) is 0. The molecule has 0 aliphatic rings. The van der Waals surface area contributed by atoms with Crippen LogP contribution in [0.4, 0.5) is 8.78 Å². The zero-order valence-electron chi connectivity index (χ0n) is 9.27. The number of hydrogen-bond acceptors (Lipinski definition) is 2. The fourth-order valence-electron chi connectivity index (χ4n) is 1.62. The van der Waals surface area contributed by atoms with Crippen LogP contribution in [0.25, 0.3) is 0 Å². The molecule has 0 radical (unpaired) electrons. The van der Waals surface area contributed by atoms with Gasteiger partial charge in [0, 0.05) is 25.2 Å². The van der Waals surface area contributed by atoms with E-state index in [1.54, 1.807) is 24.1 Å². The Kier molecular flexibility index (Phi) is 3.19. The SMILES string of the molecule is Cn1cc(C(O)Cc2ccc(F)c(F)c2)cn1. The minimum absolute atomic E-state index is 0.225. The van der Waals surface area contributed by atoms with Crippen molar-refractivity contribution >= 4 is 0 Å². The molecular weight excluding hydrogens is 226 g/mol. The van der Waals surface area contributed by atoms with E-state index in [1.165, 1.54) is 6.07 Å². The minimum Gasteiger partial charge on any atom is -0.388 e. The van der Waals surface area contributed by atoms with E-state index in [0.717, 1.165) is 12.1 Å². The third-order valence-corrected chi connectivity index (χ3v) is 2.52. The van der Waals surface area contributed by atoms with Gasteiger partial charge in [-0.1, -0.05) is 6.07 Å². The molecule has 90 valence electrons. The second-order valence-electron chi connectivity index (χ2n) is 3.92. The summed E-state index contributed by atoms with van der Waals surface area (Å²) in [5, 5.41) is 13.8. The van der Waals surface area contributed by atoms with E-state index in [-0.39, 0.29) is 6.42 Å². The van der Waals surface area contributed by atoms with Crippen molar-refractivity contribution in [2.45, 2.75) is 12.5 Å². The van der Waals surface area contributed by atoms with Gasteiger partial charge >= 0.3 is 0 Å². The Morgan fingerprint density at radius 1 is 1.35 bits per heavy atom. The summed E-state index contributed by atoms with van der Waals surface area (Å²) < 4.78 is 27.2. The first-order valence-corrected chi connectivity index (χ1v) is 5.17. The summed E-state index contributed by atoms with van der Waals surface area (Å²) >= 11 is 0. The minimum atomic E-state index is -0.902. The zero-order chi connectivity index (χ0) is 12.4. The van der Waals surface area contributed by atoms with Crippen molar-refractivity contribution < 1.29 is 13.9 Å². The van der Waals surface area contributed by atoms with Gasteiger partial charge in [-0.25, -0.2) is 8.78 Å². The van der Waals surface area contributed by atoms with E-state index in [0.29, 0.717) is 11.1 Å². The van der Waals surface area contributed by atoms with Gasteiger partial charge in [0.25, 0.3) is 0 Å². The molecule has 1 aromatic heterocycles. The average molecular weight is 238 g/mol. The van der Waals surface area contributed by atoms with Crippen molar-refractivity contribution in [2.24, 2.45) is 7.05 Å². The predicted molar refractivity (Wildman–Crippen MR) is 58.2 cm³/mol. The molecule has 0 fully saturated rings. The molecular formula is C12H12F2N2O. The number of benzene rings is 1. The Morgan fingerprint density at radius 3 is 2.71 bits per heavy atom. The third kappa shape index (κ3) is 2.68. The standard InChI is InChI=1S/C12H12F2N2O/c1-16-7-9(6-15-16)12(17)5-8-2-3-10(13)11(14)4-8/h2-4,6-7,12,17H,5H2,1H3. The van der Waals surface area contributed by atoms with Gasteiger partial charge in [0.1, 0.15) is 0 Å². The normalized spacial score (nSPS) is 12.7. The van der Waals surface area contributed by atoms with Gasteiger partial charge in [0.2, 0.25) is 0 Å². The second kappa shape index (κ2) is 4.63. The lowest BCUT2D eigenvalue weighted by molar-refractivity contribution is 0.178. The predicted octanol–water partition coefficient (Wildman–Crippen LogP) is 1.97. The third-order valence-electron chi connectivity index (χ3n) is 2.52. The number of aromatic nitrogens is 2. The van der Waals surface area contributed by atoms with Crippen LogP contribution in [-0.4, -0.2) is 14.9 Å². The number of rotatable bonds is 3. The van der Waals surface area contributed by atoms with Gasteiger partial charge in [-0.2, -0.15) is 5.10 Å². The fourth-order valence-corrected chi connectivity index (χ4v) is 1.62. The molecule has 0 amide bonds. The van der Waals surface area contributed by atoms with Crippen LogP contribution in [0, 0.1) is 11.6 Å². The topological polar surface area (TPSA) is 38.0 Å². The Bertz CT molecular complexity index is 525. The molecule has 0 aliphatic carbocycles. The first-order valence-electron chi connectivity index (χ1n) is 5.17. The summed E-state index contributed by atoms with van der Waals surface area (Å²) in [6.07, 6.45) is 2.69. The van der Waals surface area contributed by atoms with Gasteiger partial charge < -0.3 is 5.11 Å². The summed E-state index contributed by atoms with van der Waals surface area (Å²) in [7, 11) is 1.74. The Morgan fingerprint density at radius 2 is 2.12 bits per heavy atom. The lowest BCUT2D eigenvalue weighted by Gasteiger charge is -2.08. The largest absolute Gasteiger partial charge is 0.388 e. The maximum Gasteiger partial charge on any atom is 0.159 e. The maximum absolute atomic E-state index is 13.0. The van der Waals surface area contributed by atoms with E-state index in [2.05, 4.69) is 5.10 Å². The summed E-state index contributed by atoms with van der Waals surface area (Å²) in [5.74, 6) is -1.79. The van der Waals surface area contributed by atoms with Crippen molar-refractivity contribution in [3.8, 4) is 0 Å². The van der Waals surface area contributed by atoms with Crippen molar-refractivity contribution in [3.63, 3.8) is 0 Å². The highest BCUT2D eigenvalue weighted by molar-refractivity contribution is 5.21. The molecule has 5 heteroatoms. The monoisotopic (exact) mass is 238 g/mol. The van der Waals surface area contributed by atoms with Gasteiger partial charge in [-0.05, 0) is 17.7 Å². The van der Waals surface area contributed by atoms with Crippen molar-refractivity contribution in [1.29, 1.82) is 0 Å². The highest BCUT2D eigenvalue weighted by atomic mass is 19.2. The van der Waals surface area contributed by atoms with Gasteiger partial charge in [0.05, 0.1) is 12.3 Å². The van der Waals surface area contributed by atoms with Crippen molar-refractivity contribution in [1.82, 2.24) is 9.78 Å². The lowest BCUT2D eigenvalue weighted by Crippen LogP contribution is -2.01. The molecule has 0 bridgehead atoms. The zero-order valence-corrected chi connectivity index (χ0v) is 9.27. The molecule has 1 atom stereocenters. The van der Waals surface area contributed by atoms with E-state index < -0.39 is 17.7 Å². The summed E-state index contributed by atoms with van der Waals surface area (Å²) in [6.45, 7) is 0. The van der Waals surface area contributed by atoms with Crippen LogP contribution in [0.15, 0.2) is 30.6 Å². The van der Waals surface area contributed by atoms with Gasteiger partial charge in [-0.3, -0.25) is 4.68 Å². The number of halogens is 2. The average Bonchev–Trinajstić information content (AvgIpc) is 2.70. The van der Waals surface area contributed by atoms with Crippen LogP contribution in [-0.2, 0) is 13.5 Å². The van der Waals surface area contributed by atoms with Crippen molar-refractivity contribution in [2.75, 3.05) is 0 Å². The first kappa shape index (κ1) is 11.7. The molecule has 2 rings (SSSR count). The van der Waals surface area contributed by atoms with E-state index in [1.807, 2.05) is 0 Å². The molecule has 0 saturated heterocycles. The molecule has 0 saturated carbocycles. The Hall–Kier alpha value is -1.75. The molecule has 1 heterocycles. The maximum atomic E-state index is 13.0. The van der Waals surface area contributed by atoms with E-state index in [4.69, 9.17) is 0 Å². The van der Waals surface area contributed by atoms with E-state index in [9.17, 15) is 13.9 Å². The molecule has 3 nitrogen and oxygen atoms in total. The van der Waals surface area contributed by atoms with Gasteiger partial charge in [-0.15, -0.1) is 0 Å². The van der Waals surface area contributed by atoms with Crippen LogP contribution in [0.3, 0.4) is 0 Å². The fraction of sp³-hybridized carbons (Fsp3) is 0.250. The number of nitrogens with zero attached hydrogens (tertiary/aromatic N) is 2. The molecule has 1 aromatic carbocycles. The van der Waals surface area contributed by atoms with Crippen LogP contribution in [0.1, 0.15) is 17.2 Å². The quantitative estimate of drug-likeness (QED) is 0.887. The van der Waals surface area contributed by atoms with Crippen LogP contribution in [0.5, 0.6) is 0 Å². The Labute approximate surface area is 97.3 Å². The van der Waals surface area contributed by atoms with Crippen molar-refractivity contribution in [3.05, 3.63) is 53.4 Å². The van der Waals surface area contributed by atoms with Gasteiger partial charge in [0.15, 0.2) is 11.6 Å². The number of aliphatic hydroxyl groups excluding tert-OH is 1. The highest BCUT2D eigenvalue weighted by Crippen LogP contribution is 2.18. The number of aliphatic hydroxyl groups is 1. The Balaban J connectivity index is 2.12. The molecule has 1 N–H and O–H groups in total. The molecule has 17 heavy (non-hydrogen) atoms. The second-order valence-corrected chi connectivity index (χ2v) is 3.92. The molecule has 0 aliphatic heterocycles. The number of hydrogen-bond donors (Lipinski definition) is 1. The lowest BCUT2D eigenvalue weighted by atomic mass is 10.0. The van der Waals surface area contributed by atoms with Crippen LogP contribution < -0.4 is 0 Å². The number of aryl methyl sites for hydroxylation is 1. The van der Waals surface area contributed by atoms with E-state index >= 15 is 0 Å². The first-order chi connectivity index (χ1) is 8.06. The van der Waals surface area contributed by atoms with Crippen LogP contribution in [0.2, 0.25) is 0 Å².